The normalized spacial score (nSPS) is 25.7. The third-order valence-electron chi connectivity index (χ3n) is 5.46. The van der Waals surface area contributed by atoms with Gasteiger partial charge in [-0.3, -0.25) is 14.4 Å². The van der Waals surface area contributed by atoms with E-state index in [1.807, 2.05) is 41.2 Å². The summed E-state index contributed by atoms with van der Waals surface area (Å²) in [5, 5.41) is 7.34. The standard InChI is InChI=1S/C20H24N4O2/c1-15-6-5-9-20(10-15)18(25)24(19(26)22-20)14-17-11-21-23(13-17)12-16-7-3-2-4-8-16/h2-4,7-8,11,13,15H,5-6,9-10,12,14H2,1H3,(H,22,26)/t15-,20-/m0/s1. The molecule has 2 fully saturated rings. The van der Waals surface area contributed by atoms with E-state index in [4.69, 9.17) is 0 Å². The van der Waals surface area contributed by atoms with E-state index >= 15 is 0 Å². The summed E-state index contributed by atoms with van der Waals surface area (Å²) in [4.78, 5) is 26.7. The number of nitrogens with one attached hydrogen (secondary N) is 1. The van der Waals surface area contributed by atoms with Crippen LogP contribution < -0.4 is 5.32 Å². The lowest BCUT2D eigenvalue weighted by atomic mass is 9.76. The van der Waals surface area contributed by atoms with Crippen molar-refractivity contribution in [1.29, 1.82) is 0 Å². The van der Waals surface area contributed by atoms with Crippen molar-refractivity contribution in [3.63, 3.8) is 0 Å². The third kappa shape index (κ3) is 3.11. The average Bonchev–Trinajstić information content (AvgIpc) is 3.14. The van der Waals surface area contributed by atoms with Crippen molar-refractivity contribution < 1.29 is 9.59 Å². The molecule has 2 heterocycles. The Morgan fingerprint density at radius 3 is 2.77 bits per heavy atom. The Hall–Kier alpha value is -2.63. The van der Waals surface area contributed by atoms with E-state index < -0.39 is 5.54 Å². The third-order valence-corrected chi connectivity index (χ3v) is 5.46. The van der Waals surface area contributed by atoms with E-state index in [-0.39, 0.29) is 18.5 Å². The fraction of sp³-hybridized carbons (Fsp3) is 0.450. The molecule has 1 saturated heterocycles. The van der Waals surface area contributed by atoms with Gasteiger partial charge in [0.2, 0.25) is 0 Å². The summed E-state index contributed by atoms with van der Waals surface area (Å²) < 4.78 is 1.83. The van der Waals surface area contributed by atoms with Gasteiger partial charge in [-0.05, 0) is 24.3 Å². The highest BCUT2D eigenvalue weighted by Crippen LogP contribution is 2.37. The van der Waals surface area contributed by atoms with Gasteiger partial charge in [0.15, 0.2) is 0 Å². The van der Waals surface area contributed by atoms with E-state index in [1.165, 1.54) is 4.90 Å². The Labute approximate surface area is 153 Å². The molecule has 0 radical (unpaired) electrons. The largest absolute Gasteiger partial charge is 0.325 e. The molecule has 2 aromatic rings. The predicted molar refractivity (Wildman–Crippen MR) is 97.2 cm³/mol. The number of aromatic nitrogens is 2. The van der Waals surface area contributed by atoms with Gasteiger partial charge >= 0.3 is 6.03 Å². The molecule has 0 bridgehead atoms. The number of hydrogen-bond donors (Lipinski definition) is 1. The first-order chi connectivity index (χ1) is 12.6. The second-order valence-electron chi connectivity index (χ2n) is 7.64. The second-order valence-corrected chi connectivity index (χ2v) is 7.64. The fourth-order valence-corrected chi connectivity index (χ4v) is 4.21. The number of urea groups is 1. The van der Waals surface area contributed by atoms with Crippen molar-refractivity contribution in [2.45, 2.75) is 51.2 Å². The molecule has 2 atom stereocenters. The molecular weight excluding hydrogens is 328 g/mol. The first kappa shape index (κ1) is 16.8. The molecule has 6 nitrogen and oxygen atoms in total. The van der Waals surface area contributed by atoms with Crippen LogP contribution in [0.3, 0.4) is 0 Å². The van der Waals surface area contributed by atoms with Crippen LogP contribution in [0.4, 0.5) is 4.79 Å². The molecule has 3 amide bonds. The number of carbonyl (C=O) groups is 2. The number of rotatable bonds is 4. The minimum Gasteiger partial charge on any atom is -0.323 e. The molecular formula is C20H24N4O2. The van der Waals surface area contributed by atoms with Crippen LogP contribution >= 0.6 is 0 Å². The lowest BCUT2D eigenvalue weighted by molar-refractivity contribution is -0.133. The Balaban J connectivity index is 1.46. The summed E-state index contributed by atoms with van der Waals surface area (Å²) in [7, 11) is 0. The molecule has 1 spiro atoms. The van der Waals surface area contributed by atoms with Crippen LogP contribution in [0.1, 0.15) is 43.7 Å². The van der Waals surface area contributed by atoms with E-state index in [1.54, 1.807) is 6.20 Å². The molecule has 0 unspecified atom stereocenters. The molecule has 136 valence electrons. The molecule has 6 heteroatoms. The molecule has 1 aromatic carbocycles. The van der Waals surface area contributed by atoms with E-state index in [0.717, 1.165) is 36.8 Å². The van der Waals surface area contributed by atoms with Crippen molar-refractivity contribution in [2.75, 3.05) is 0 Å². The van der Waals surface area contributed by atoms with E-state index in [2.05, 4.69) is 17.3 Å². The zero-order valence-corrected chi connectivity index (χ0v) is 15.0. The van der Waals surface area contributed by atoms with Gasteiger partial charge in [-0.25, -0.2) is 4.79 Å². The summed E-state index contributed by atoms with van der Waals surface area (Å²) in [5.41, 5.74) is 1.34. The Kier molecular flexibility index (Phi) is 4.26. The second kappa shape index (κ2) is 6.59. The summed E-state index contributed by atoms with van der Waals surface area (Å²) in [6.07, 6.45) is 7.22. The molecule has 1 saturated carbocycles. The Morgan fingerprint density at radius 1 is 1.19 bits per heavy atom. The topological polar surface area (TPSA) is 67.2 Å². The van der Waals surface area contributed by atoms with Crippen LogP contribution in [-0.4, -0.2) is 32.2 Å². The number of nitrogens with zero attached hydrogens (tertiary/aromatic N) is 3. The minimum atomic E-state index is -0.686. The highest BCUT2D eigenvalue weighted by atomic mass is 16.2. The molecule has 1 N–H and O–H groups in total. The van der Waals surface area contributed by atoms with Gasteiger partial charge in [0.05, 0.1) is 19.3 Å². The maximum Gasteiger partial charge on any atom is 0.325 e. The van der Waals surface area contributed by atoms with Gasteiger partial charge < -0.3 is 5.32 Å². The van der Waals surface area contributed by atoms with Crippen LogP contribution in [-0.2, 0) is 17.9 Å². The quantitative estimate of drug-likeness (QED) is 0.861. The van der Waals surface area contributed by atoms with Gasteiger partial charge in [-0.2, -0.15) is 5.10 Å². The average molecular weight is 352 g/mol. The van der Waals surface area contributed by atoms with Gasteiger partial charge in [0.1, 0.15) is 5.54 Å². The molecule has 1 aliphatic carbocycles. The van der Waals surface area contributed by atoms with Crippen LogP contribution in [0.2, 0.25) is 0 Å². The summed E-state index contributed by atoms with van der Waals surface area (Å²) in [5.74, 6) is 0.381. The van der Waals surface area contributed by atoms with Crippen molar-refractivity contribution in [3.8, 4) is 0 Å². The van der Waals surface area contributed by atoms with Crippen molar-refractivity contribution >= 4 is 11.9 Å². The van der Waals surface area contributed by atoms with Crippen LogP contribution in [0.5, 0.6) is 0 Å². The zero-order valence-electron chi connectivity index (χ0n) is 15.0. The molecule has 4 rings (SSSR count). The number of benzene rings is 1. The summed E-state index contributed by atoms with van der Waals surface area (Å²) in [6, 6.07) is 9.80. The van der Waals surface area contributed by atoms with Crippen LogP contribution in [0, 0.1) is 5.92 Å². The van der Waals surface area contributed by atoms with Gasteiger partial charge in [0, 0.05) is 11.8 Å². The van der Waals surface area contributed by atoms with Gasteiger partial charge in [0.25, 0.3) is 5.91 Å². The first-order valence-corrected chi connectivity index (χ1v) is 9.25. The minimum absolute atomic E-state index is 0.0788. The zero-order chi connectivity index (χ0) is 18.1. The van der Waals surface area contributed by atoms with E-state index in [0.29, 0.717) is 12.5 Å². The van der Waals surface area contributed by atoms with Crippen molar-refractivity contribution in [3.05, 3.63) is 53.9 Å². The van der Waals surface area contributed by atoms with Crippen molar-refractivity contribution in [2.24, 2.45) is 5.92 Å². The first-order valence-electron chi connectivity index (χ1n) is 9.25. The molecule has 2 aliphatic rings. The Morgan fingerprint density at radius 2 is 2.00 bits per heavy atom. The molecule has 1 aromatic heterocycles. The lowest BCUT2D eigenvalue weighted by Gasteiger charge is -2.34. The van der Waals surface area contributed by atoms with Gasteiger partial charge in [-0.15, -0.1) is 0 Å². The van der Waals surface area contributed by atoms with Gasteiger partial charge in [-0.1, -0.05) is 50.1 Å². The number of carbonyl (C=O) groups excluding carboxylic acids is 2. The molecule has 26 heavy (non-hydrogen) atoms. The predicted octanol–water partition coefficient (Wildman–Crippen LogP) is 2.93. The SMILES string of the molecule is C[C@H]1CCC[C@@]2(C1)NC(=O)N(Cc1cnn(Cc3ccccc3)c1)C2=O. The van der Waals surface area contributed by atoms with Crippen LogP contribution in [0.25, 0.3) is 0 Å². The number of amides is 3. The smallest absolute Gasteiger partial charge is 0.323 e. The number of imide groups is 1. The summed E-state index contributed by atoms with van der Waals surface area (Å²) >= 11 is 0. The lowest BCUT2D eigenvalue weighted by Crippen LogP contribution is -2.50. The Bertz CT molecular complexity index is 816. The van der Waals surface area contributed by atoms with E-state index in [9.17, 15) is 9.59 Å². The van der Waals surface area contributed by atoms with Crippen molar-refractivity contribution in [1.82, 2.24) is 20.0 Å². The maximum absolute atomic E-state index is 13.0. The van der Waals surface area contributed by atoms with Crippen LogP contribution in [0.15, 0.2) is 42.7 Å². The maximum atomic E-state index is 13.0. The highest BCUT2D eigenvalue weighted by Gasteiger charge is 2.52. The molecule has 1 aliphatic heterocycles. The fourth-order valence-electron chi connectivity index (χ4n) is 4.21. The summed E-state index contributed by atoms with van der Waals surface area (Å²) in [6.45, 7) is 3.09. The highest BCUT2D eigenvalue weighted by molar-refractivity contribution is 6.07. The monoisotopic (exact) mass is 352 g/mol. The number of hydrogen-bond acceptors (Lipinski definition) is 3.